The second kappa shape index (κ2) is 9.19. The molecular weight excluding hydrogens is 366 g/mol. The highest BCUT2D eigenvalue weighted by molar-refractivity contribution is 5.94. The van der Waals surface area contributed by atoms with Gasteiger partial charge in [0.2, 0.25) is 5.88 Å². The molecule has 2 unspecified atom stereocenters. The fourth-order valence-electron chi connectivity index (χ4n) is 2.33. The highest BCUT2D eigenvalue weighted by Crippen LogP contribution is 2.23. The van der Waals surface area contributed by atoms with Crippen molar-refractivity contribution in [3.8, 4) is 5.88 Å². The first-order valence-electron chi connectivity index (χ1n) is 7.58. The minimum atomic E-state index is -4.25. The van der Waals surface area contributed by atoms with Gasteiger partial charge >= 0.3 is 12.3 Å². The molecule has 1 aliphatic rings. The lowest BCUT2D eigenvalue weighted by atomic mass is 9.99. The van der Waals surface area contributed by atoms with Crippen LogP contribution in [-0.2, 0) is 0 Å². The van der Waals surface area contributed by atoms with Crippen molar-refractivity contribution in [1.29, 1.82) is 0 Å². The van der Waals surface area contributed by atoms with Crippen molar-refractivity contribution in [2.45, 2.75) is 44.2 Å². The van der Waals surface area contributed by atoms with Crippen LogP contribution in [-0.4, -0.2) is 48.5 Å². The van der Waals surface area contributed by atoms with Crippen LogP contribution in [0.4, 0.5) is 17.6 Å². The molecule has 0 spiro atoms. The van der Waals surface area contributed by atoms with Gasteiger partial charge in [-0.3, -0.25) is 4.79 Å². The zero-order valence-corrected chi connectivity index (χ0v) is 14.3. The summed E-state index contributed by atoms with van der Waals surface area (Å²) in [5.41, 5.74) is 0.237. The maximum Gasteiger partial charge on any atom is 0.340 e. The lowest BCUT2D eigenvalue weighted by molar-refractivity contribution is -0.148. The molecule has 0 aromatic carbocycles. The summed E-state index contributed by atoms with van der Waals surface area (Å²) >= 11 is 0. The van der Waals surface area contributed by atoms with Gasteiger partial charge in [0.05, 0.1) is 5.56 Å². The van der Waals surface area contributed by atoms with Gasteiger partial charge in [0.1, 0.15) is 0 Å². The SMILES string of the molecule is CC1NCCCC1NC(=O)c1ccc(OCC(F)(F)C(F)F)nc1.Cl. The maximum atomic E-state index is 12.8. The Morgan fingerprint density at radius 1 is 1.48 bits per heavy atom. The van der Waals surface area contributed by atoms with E-state index in [0.717, 1.165) is 25.6 Å². The normalized spacial score (nSPS) is 20.7. The molecule has 2 N–H and O–H groups in total. The molecule has 5 nitrogen and oxygen atoms in total. The Hall–Kier alpha value is -1.61. The minimum absolute atomic E-state index is 0. The van der Waals surface area contributed by atoms with Crippen molar-refractivity contribution >= 4 is 18.3 Å². The predicted octanol–water partition coefficient (Wildman–Crippen LogP) is 2.65. The van der Waals surface area contributed by atoms with Gasteiger partial charge in [0.15, 0.2) is 6.61 Å². The van der Waals surface area contributed by atoms with Gasteiger partial charge in [0, 0.05) is 24.3 Å². The zero-order valence-electron chi connectivity index (χ0n) is 13.5. The van der Waals surface area contributed by atoms with Crippen molar-refractivity contribution in [3.05, 3.63) is 23.9 Å². The number of halogens is 5. The monoisotopic (exact) mass is 385 g/mol. The highest BCUT2D eigenvalue weighted by atomic mass is 35.5. The third-order valence-electron chi connectivity index (χ3n) is 3.81. The molecule has 2 atom stereocenters. The van der Waals surface area contributed by atoms with Gasteiger partial charge in [-0.25, -0.2) is 13.8 Å². The van der Waals surface area contributed by atoms with Crippen LogP contribution in [0, 0.1) is 0 Å². The zero-order chi connectivity index (χ0) is 17.7. The fraction of sp³-hybridized carbons (Fsp3) is 0.600. The highest BCUT2D eigenvalue weighted by Gasteiger charge is 2.41. The molecule has 1 aromatic rings. The molecule has 1 fully saturated rings. The van der Waals surface area contributed by atoms with Crippen LogP contribution in [0.1, 0.15) is 30.1 Å². The molecule has 1 aromatic heterocycles. The number of piperidine rings is 1. The summed E-state index contributed by atoms with van der Waals surface area (Å²) in [5, 5.41) is 6.13. The third-order valence-corrected chi connectivity index (χ3v) is 3.81. The summed E-state index contributed by atoms with van der Waals surface area (Å²) in [6.07, 6.45) is -0.837. The van der Waals surface area contributed by atoms with E-state index in [4.69, 9.17) is 0 Å². The van der Waals surface area contributed by atoms with E-state index < -0.39 is 19.0 Å². The maximum absolute atomic E-state index is 12.8. The number of carbonyl (C=O) groups is 1. The van der Waals surface area contributed by atoms with Crippen molar-refractivity contribution in [2.24, 2.45) is 0 Å². The smallest absolute Gasteiger partial charge is 0.340 e. The fourth-order valence-corrected chi connectivity index (χ4v) is 2.33. The van der Waals surface area contributed by atoms with Gasteiger partial charge in [-0.1, -0.05) is 0 Å². The lowest BCUT2D eigenvalue weighted by Gasteiger charge is -2.30. The van der Waals surface area contributed by atoms with Crippen LogP contribution in [0.3, 0.4) is 0 Å². The number of alkyl halides is 4. The van der Waals surface area contributed by atoms with Crippen LogP contribution >= 0.6 is 12.4 Å². The van der Waals surface area contributed by atoms with Gasteiger partial charge in [0.25, 0.3) is 5.91 Å². The van der Waals surface area contributed by atoms with Gasteiger partial charge in [-0.05, 0) is 32.4 Å². The van der Waals surface area contributed by atoms with E-state index in [1.807, 2.05) is 6.92 Å². The average Bonchev–Trinajstić information content (AvgIpc) is 2.55. The first kappa shape index (κ1) is 21.4. The van der Waals surface area contributed by atoms with E-state index in [9.17, 15) is 22.4 Å². The first-order valence-corrected chi connectivity index (χ1v) is 7.58. The van der Waals surface area contributed by atoms with Crippen LogP contribution in [0.25, 0.3) is 0 Å². The summed E-state index contributed by atoms with van der Waals surface area (Å²) < 4.78 is 54.1. The van der Waals surface area contributed by atoms with E-state index in [-0.39, 0.29) is 41.8 Å². The van der Waals surface area contributed by atoms with Crippen molar-refractivity contribution < 1.29 is 27.1 Å². The first-order chi connectivity index (χ1) is 11.3. The van der Waals surface area contributed by atoms with E-state index in [1.165, 1.54) is 12.1 Å². The number of hydrogen-bond donors (Lipinski definition) is 2. The topological polar surface area (TPSA) is 63.2 Å². The largest absolute Gasteiger partial charge is 0.471 e. The van der Waals surface area contributed by atoms with Crippen LogP contribution in [0.5, 0.6) is 5.88 Å². The van der Waals surface area contributed by atoms with E-state index in [0.29, 0.717) is 0 Å². The number of pyridine rings is 1. The summed E-state index contributed by atoms with van der Waals surface area (Å²) in [7, 11) is 0. The molecule has 0 aliphatic carbocycles. The molecule has 0 radical (unpaired) electrons. The molecule has 0 saturated carbocycles. The molecule has 2 rings (SSSR count). The Morgan fingerprint density at radius 2 is 2.20 bits per heavy atom. The molecule has 2 heterocycles. The Bertz CT molecular complexity index is 560. The Morgan fingerprint density at radius 3 is 2.76 bits per heavy atom. The number of carbonyl (C=O) groups excluding carboxylic acids is 1. The third kappa shape index (κ3) is 6.00. The molecule has 1 aliphatic heterocycles. The van der Waals surface area contributed by atoms with Gasteiger partial charge < -0.3 is 15.4 Å². The number of rotatable bonds is 6. The molecule has 0 bridgehead atoms. The number of amides is 1. The number of nitrogens with one attached hydrogen (secondary N) is 2. The lowest BCUT2D eigenvalue weighted by Crippen LogP contribution is -2.51. The van der Waals surface area contributed by atoms with Crippen molar-refractivity contribution in [3.63, 3.8) is 0 Å². The second-order valence-electron chi connectivity index (χ2n) is 5.70. The second-order valence-corrected chi connectivity index (χ2v) is 5.70. The number of aromatic nitrogens is 1. The van der Waals surface area contributed by atoms with E-state index in [2.05, 4.69) is 20.4 Å². The van der Waals surface area contributed by atoms with E-state index in [1.54, 1.807) is 0 Å². The number of ether oxygens (including phenoxy) is 1. The Kier molecular flexibility index (Phi) is 7.88. The Labute approximate surface area is 148 Å². The quantitative estimate of drug-likeness (QED) is 0.739. The van der Waals surface area contributed by atoms with Crippen LogP contribution in [0.15, 0.2) is 18.3 Å². The summed E-state index contributed by atoms with van der Waals surface area (Å²) in [6, 6.07) is 2.68. The standard InChI is InChI=1S/C15H19F4N3O2.ClH/c1-9-11(3-2-6-20-9)22-13(23)10-4-5-12(21-7-10)24-8-15(18,19)14(16)17;/h4-5,7,9,11,14,20H,2-3,6,8H2,1H3,(H,22,23);1H. The van der Waals surface area contributed by atoms with E-state index >= 15 is 0 Å². The molecule has 10 heteroatoms. The van der Waals surface area contributed by atoms with Gasteiger partial charge in [-0.15, -0.1) is 12.4 Å². The summed E-state index contributed by atoms with van der Waals surface area (Å²) in [6.45, 7) is 1.40. The average molecular weight is 386 g/mol. The van der Waals surface area contributed by atoms with Crippen molar-refractivity contribution in [2.75, 3.05) is 13.2 Å². The summed E-state index contributed by atoms with van der Waals surface area (Å²) in [5.74, 6) is -4.84. The van der Waals surface area contributed by atoms with Gasteiger partial charge in [-0.2, -0.15) is 8.78 Å². The number of nitrogens with zero attached hydrogens (tertiary/aromatic N) is 1. The number of hydrogen-bond acceptors (Lipinski definition) is 4. The van der Waals surface area contributed by atoms with Crippen LogP contribution in [0.2, 0.25) is 0 Å². The molecule has 1 saturated heterocycles. The van der Waals surface area contributed by atoms with Crippen molar-refractivity contribution in [1.82, 2.24) is 15.6 Å². The Balaban J connectivity index is 0.00000312. The minimum Gasteiger partial charge on any atom is -0.471 e. The molecular formula is C15H20ClF4N3O2. The molecule has 1 amide bonds. The summed E-state index contributed by atoms with van der Waals surface area (Å²) in [4.78, 5) is 15.8. The van der Waals surface area contributed by atoms with Crippen LogP contribution < -0.4 is 15.4 Å². The molecule has 142 valence electrons. The predicted molar refractivity (Wildman–Crippen MR) is 85.9 cm³/mol. The molecule has 25 heavy (non-hydrogen) atoms.